The highest BCUT2D eigenvalue weighted by Gasteiger charge is 2.20. The molecule has 0 radical (unpaired) electrons. The molecule has 6 nitrogen and oxygen atoms in total. The van der Waals surface area contributed by atoms with Crippen molar-refractivity contribution in [1.82, 2.24) is 0 Å². The van der Waals surface area contributed by atoms with Gasteiger partial charge in [0.15, 0.2) is 0 Å². The lowest BCUT2D eigenvalue weighted by molar-refractivity contribution is -0.140. The summed E-state index contributed by atoms with van der Waals surface area (Å²) in [6.45, 7) is 0. The van der Waals surface area contributed by atoms with Gasteiger partial charge < -0.3 is 10.5 Å². The average Bonchev–Trinajstić information content (AvgIpc) is 2.35. The molecule has 0 aliphatic carbocycles. The van der Waals surface area contributed by atoms with E-state index in [0.29, 0.717) is 11.4 Å². The molecule has 1 rings (SSSR count). The maximum Gasteiger partial charge on any atom is 0.306 e. The molecule has 100 valence electrons. The van der Waals surface area contributed by atoms with Gasteiger partial charge in [0.25, 0.3) is 0 Å². The average molecular weight is 272 g/mol. The molecule has 0 bridgehead atoms. The van der Waals surface area contributed by atoms with Crippen molar-refractivity contribution in [2.75, 3.05) is 29.9 Å². The molecule has 0 spiro atoms. The number of carbonyl (C=O) groups excluding carboxylic acids is 1. The Bertz CT molecular complexity index is 528. The van der Waals surface area contributed by atoms with Gasteiger partial charge in [-0.05, 0) is 18.2 Å². The van der Waals surface area contributed by atoms with Gasteiger partial charge in [-0.2, -0.15) is 0 Å². The second kappa shape index (κ2) is 5.72. The zero-order chi connectivity index (χ0) is 13.8. The Hall–Kier alpha value is -1.76. The number of carbonyl (C=O) groups is 1. The summed E-state index contributed by atoms with van der Waals surface area (Å²) < 4.78 is 29.4. The number of hydrogen-bond donors (Lipinski definition) is 1. The van der Waals surface area contributed by atoms with Gasteiger partial charge in [0.05, 0.1) is 25.0 Å². The zero-order valence-electron chi connectivity index (χ0n) is 10.3. The van der Waals surface area contributed by atoms with Gasteiger partial charge in [0, 0.05) is 12.7 Å². The standard InChI is InChI=1S/C11H16N2O4S/c1-13(10-5-3-4-9(12)8-10)18(15,16)7-6-11(14)17-2/h3-5,8H,6-7,12H2,1-2H3. The van der Waals surface area contributed by atoms with Gasteiger partial charge in [-0.3, -0.25) is 9.10 Å². The van der Waals surface area contributed by atoms with Crippen molar-refractivity contribution in [2.45, 2.75) is 6.42 Å². The van der Waals surface area contributed by atoms with Gasteiger partial charge >= 0.3 is 5.97 Å². The van der Waals surface area contributed by atoms with E-state index >= 15 is 0 Å². The summed E-state index contributed by atoms with van der Waals surface area (Å²) >= 11 is 0. The van der Waals surface area contributed by atoms with E-state index in [4.69, 9.17) is 5.73 Å². The Morgan fingerprint density at radius 1 is 1.44 bits per heavy atom. The molecule has 0 unspecified atom stereocenters. The SMILES string of the molecule is COC(=O)CCS(=O)(=O)N(C)c1cccc(N)c1. The second-order valence-electron chi connectivity index (χ2n) is 3.70. The lowest BCUT2D eigenvalue weighted by Gasteiger charge is -2.19. The molecule has 1 aromatic rings. The van der Waals surface area contributed by atoms with Gasteiger partial charge in [0.2, 0.25) is 10.0 Å². The third-order valence-electron chi connectivity index (χ3n) is 2.44. The van der Waals surface area contributed by atoms with Crippen molar-refractivity contribution in [3.8, 4) is 0 Å². The summed E-state index contributed by atoms with van der Waals surface area (Å²) in [7, 11) is -0.921. The van der Waals surface area contributed by atoms with E-state index in [1.54, 1.807) is 24.3 Å². The predicted octanol–water partition coefficient (Wildman–Crippen LogP) is 0.598. The first-order chi connectivity index (χ1) is 8.36. The van der Waals surface area contributed by atoms with Gasteiger partial charge in [-0.1, -0.05) is 6.07 Å². The van der Waals surface area contributed by atoms with Crippen LogP contribution in [0, 0.1) is 0 Å². The first-order valence-electron chi connectivity index (χ1n) is 5.26. The van der Waals surface area contributed by atoms with Gasteiger partial charge in [-0.25, -0.2) is 8.42 Å². The predicted molar refractivity (Wildman–Crippen MR) is 69.7 cm³/mol. The highest BCUT2D eigenvalue weighted by atomic mass is 32.2. The summed E-state index contributed by atoms with van der Waals surface area (Å²) in [5, 5.41) is 0. The molecule has 0 aliphatic heterocycles. The van der Waals surface area contributed by atoms with Crippen LogP contribution in [0.1, 0.15) is 6.42 Å². The number of benzene rings is 1. The Morgan fingerprint density at radius 3 is 2.67 bits per heavy atom. The minimum atomic E-state index is -3.56. The molecule has 0 saturated carbocycles. The molecule has 0 aliphatic rings. The monoisotopic (exact) mass is 272 g/mol. The van der Waals surface area contributed by atoms with Crippen LogP contribution in [0.2, 0.25) is 0 Å². The quantitative estimate of drug-likeness (QED) is 0.626. The van der Waals surface area contributed by atoms with Crippen LogP contribution in [0.15, 0.2) is 24.3 Å². The number of esters is 1. The number of nitrogens with zero attached hydrogens (tertiary/aromatic N) is 1. The molecule has 1 aromatic carbocycles. The topological polar surface area (TPSA) is 89.7 Å². The van der Waals surface area contributed by atoms with Gasteiger partial charge in [0.1, 0.15) is 0 Å². The molecule has 0 fully saturated rings. The Balaban J connectivity index is 2.82. The van der Waals surface area contributed by atoms with Crippen molar-refractivity contribution in [1.29, 1.82) is 0 Å². The van der Waals surface area contributed by atoms with Crippen LogP contribution >= 0.6 is 0 Å². The molecule has 0 atom stereocenters. The molecule has 18 heavy (non-hydrogen) atoms. The molecule has 0 saturated heterocycles. The lowest BCUT2D eigenvalue weighted by Crippen LogP contribution is -2.30. The molecular weight excluding hydrogens is 256 g/mol. The van der Waals surface area contributed by atoms with Crippen molar-refractivity contribution in [3.63, 3.8) is 0 Å². The fraction of sp³-hybridized carbons (Fsp3) is 0.364. The number of nitrogens with two attached hydrogens (primary N) is 1. The normalized spacial score (nSPS) is 11.0. The number of sulfonamides is 1. The van der Waals surface area contributed by atoms with Crippen LogP contribution in [0.4, 0.5) is 11.4 Å². The summed E-state index contributed by atoms with van der Waals surface area (Å²) in [6, 6.07) is 6.51. The van der Waals surface area contributed by atoms with E-state index < -0.39 is 16.0 Å². The molecule has 0 amide bonds. The van der Waals surface area contributed by atoms with Crippen molar-refractivity contribution >= 4 is 27.4 Å². The summed E-state index contributed by atoms with van der Waals surface area (Å²) in [5.74, 6) is -0.857. The highest BCUT2D eigenvalue weighted by Crippen LogP contribution is 2.19. The highest BCUT2D eigenvalue weighted by molar-refractivity contribution is 7.92. The third-order valence-corrected chi connectivity index (χ3v) is 4.21. The van der Waals surface area contributed by atoms with E-state index in [9.17, 15) is 13.2 Å². The van der Waals surface area contributed by atoms with Crippen molar-refractivity contribution < 1.29 is 17.9 Å². The zero-order valence-corrected chi connectivity index (χ0v) is 11.1. The lowest BCUT2D eigenvalue weighted by atomic mass is 10.3. The minimum absolute atomic E-state index is 0.175. The molecule has 2 N–H and O–H groups in total. The van der Waals surface area contributed by atoms with E-state index in [0.717, 1.165) is 4.31 Å². The summed E-state index contributed by atoms with van der Waals surface area (Å²) in [5.41, 5.74) is 6.52. The van der Waals surface area contributed by atoms with E-state index in [1.165, 1.54) is 14.2 Å². The molecule has 0 aromatic heterocycles. The van der Waals surface area contributed by atoms with Gasteiger partial charge in [-0.15, -0.1) is 0 Å². The maximum absolute atomic E-state index is 11.9. The third kappa shape index (κ3) is 3.63. The molecule has 0 heterocycles. The number of anilines is 2. The Morgan fingerprint density at radius 2 is 2.11 bits per heavy atom. The van der Waals surface area contributed by atoms with Crippen molar-refractivity contribution in [2.24, 2.45) is 0 Å². The fourth-order valence-corrected chi connectivity index (χ4v) is 2.47. The van der Waals surface area contributed by atoms with Crippen LogP contribution in [0.3, 0.4) is 0 Å². The van der Waals surface area contributed by atoms with Crippen molar-refractivity contribution in [3.05, 3.63) is 24.3 Å². The fourth-order valence-electron chi connectivity index (χ4n) is 1.33. The van der Waals surface area contributed by atoms with E-state index in [2.05, 4.69) is 4.74 Å². The van der Waals surface area contributed by atoms with Crippen LogP contribution in [0.25, 0.3) is 0 Å². The molecule has 7 heteroatoms. The summed E-state index contributed by atoms with van der Waals surface area (Å²) in [4.78, 5) is 10.9. The smallest absolute Gasteiger partial charge is 0.306 e. The first kappa shape index (κ1) is 14.3. The number of hydrogen-bond acceptors (Lipinski definition) is 5. The molecular formula is C11H16N2O4S. The summed E-state index contributed by atoms with van der Waals surface area (Å²) in [6.07, 6.45) is -0.175. The first-order valence-corrected chi connectivity index (χ1v) is 6.86. The largest absolute Gasteiger partial charge is 0.469 e. The maximum atomic E-state index is 11.9. The Labute approximate surface area is 106 Å². The second-order valence-corrected chi connectivity index (χ2v) is 5.82. The van der Waals surface area contributed by atoms with E-state index in [-0.39, 0.29) is 12.2 Å². The number of ether oxygens (including phenoxy) is 1. The van der Waals surface area contributed by atoms with Crippen LogP contribution < -0.4 is 10.0 Å². The number of methoxy groups -OCH3 is 1. The number of rotatable bonds is 5. The van der Waals surface area contributed by atoms with Crippen LogP contribution in [-0.2, 0) is 19.6 Å². The number of nitrogen functional groups attached to an aromatic ring is 1. The van der Waals surface area contributed by atoms with Crippen LogP contribution in [-0.4, -0.2) is 34.3 Å². The Kier molecular flexibility index (Phi) is 4.55. The van der Waals surface area contributed by atoms with E-state index in [1.807, 2.05) is 0 Å². The minimum Gasteiger partial charge on any atom is -0.469 e. The van der Waals surface area contributed by atoms with Crippen LogP contribution in [0.5, 0.6) is 0 Å².